The number of rotatable bonds is 8. The number of piperidine rings is 2. The Bertz CT molecular complexity index is 1690. The third kappa shape index (κ3) is 7.94. The molecule has 4 fully saturated rings. The van der Waals surface area contributed by atoms with Crippen LogP contribution in [-0.2, 0) is 9.59 Å². The molecule has 7 rings (SSSR count). The van der Waals surface area contributed by atoms with Crippen LogP contribution in [0.2, 0.25) is 10.0 Å². The number of benzene rings is 1. The van der Waals surface area contributed by atoms with Gasteiger partial charge in [0.15, 0.2) is 5.13 Å². The topological polar surface area (TPSA) is 109 Å². The van der Waals surface area contributed by atoms with Gasteiger partial charge in [-0.25, -0.2) is 4.98 Å². The molecule has 0 radical (unpaired) electrons. The van der Waals surface area contributed by atoms with Crippen molar-refractivity contribution in [2.45, 2.75) is 63.8 Å². The summed E-state index contributed by atoms with van der Waals surface area (Å²) in [6.07, 6.45) is 9.07. The van der Waals surface area contributed by atoms with Gasteiger partial charge >= 0.3 is 5.97 Å². The highest BCUT2D eigenvalue weighted by Crippen LogP contribution is 2.43. The zero-order valence-corrected chi connectivity index (χ0v) is 31.3. The lowest BCUT2D eigenvalue weighted by molar-refractivity contribution is -0.147. The smallest absolute Gasteiger partial charge is 0.306 e. The molecule has 2 amide bonds. The zero-order valence-electron chi connectivity index (χ0n) is 28.1. The number of aliphatic carboxylic acids is 1. The maximum atomic E-state index is 13.5. The number of carboxylic acid groups (broad SMARTS) is 1. The van der Waals surface area contributed by atoms with Gasteiger partial charge in [0.1, 0.15) is 10.7 Å². The van der Waals surface area contributed by atoms with E-state index in [2.05, 4.69) is 20.0 Å². The standard InChI is InChI=1S/C36H44Cl2N6O4S2/c37-26-21-30(49-22-26)31-34(44-18-16-41(17-19-44)27-4-2-1-3-5-27)50-36(39-31)40-32(45)25-6-7-29(28(38)20-25)42-12-8-23(9-13-42)33(46)43-14-10-24(11-15-43)35(47)48/h6-7,20-24,27H,1-5,8-19H2,(H,47,48)(H,39,40,45). The summed E-state index contributed by atoms with van der Waals surface area (Å²) in [6, 6.07) is 8.02. The number of piperazine rings is 1. The number of likely N-dealkylation sites (tertiary alicyclic amines) is 1. The SMILES string of the molecule is O=C(Nc1nc(-c2cc(Cl)cs2)c(N2CCN(C3CCCCC3)CC2)s1)c1ccc(N2CCC(C(=O)N3CCC(C(=O)O)CC3)CC2)c(Cl)c1. The maximum Gasteiger partial charge on any atom is 0.306 e. The summed E-state index contributed by atoms with van der Waals surface area (Å²) in [7, 11) is 0. The quantitative estimate of drug-likeness (QED) is 0.244. The molecule has 2 aromatic heterocycles. The first-order chi connectivity index (χ1) is 24.2. The molecule has 14 heteroatoms. The highest BCUT2D eigenvalue weighted by Gasteiger charge is 2.33. The number of nitrogens with one attached hydrogen (secondary N) is 1. The molecule has 3 saturated heterocycles. The predicted octanol–water partition coefficient (Wildman–Crippen LogP) is 7.43. The molecule has 1 aromatic carbocycles. The zero-order chi connectivity index (χ0) is 34.8. The molecular weight excluding hydrogens is 715 g/mol. The van der Waals surface area contributed by atoms with Crippen LogP contribution in [-0.4, -0.2) is 96.1 Å². The number of nitrogens with zero attached hydrogens (tertiary/aromatic N) is 5. The molecule has 10 nitrogen and oxygen atoms in total. The highest BCUT2D eigenvalue weighted by molar-refractivity contribution is 7.21. The average molecular weight is 760 g/mol. The summed E-state index contributed by atoms with van der Waals surface area (Å²) in [4.78, 5) is 52.9. The number of hydrogen-bond donors (Lipinski definition) is 2. The Morgan fingerprint density at radius 1 is 0.820 bits per heavy atom. The van der Waals surface area contributed by atoms with Crippen LogP contribution >= 0.6 is 45.9 Å². The number of amides is 2. The Labute approximate surface area is 311 Å². The third-order valence-electron chi connectivity index (χ3n) is 10.9. The van der Waals surface area contributed by atoms with Crippen molar-refractivity contribution >= 4 is 79.5 Å². The van der Waals surface area contributed by atoms with E-state index >= 15 is 0 Å². The molecule has 2 N–H and O–H groups in total. The van der Waals surface area contributed by atoms with E-state index in [-0.39, 0.29) is 23.7 Å². The molecule has 1 aliphatic carbocycles. The number of carbonyl (C=O) groups is 3. The van der Waals surface area contributed by atoms with Crippen molar-refractivity contribution in [3.63, 3.8) is 0 Å². The minimum absolute atomic E-state index is 0.0736. The van der Waals surface area contributed by atoms with Crippen molar-refractivity contribution in [2.24, 2.45) is 11.8 Å². The van der Waals surface area contributed by atoms with E-state index in [9.17, 15) is 19.5 Å². The lowest BCUT2D eigenvalue weighted by Crippen LogP contribution is -2.50. The Kier molecular flexibility index (Phi) is 11.2. The largest absolute Gasteiger partial charge is 0.481 e. The maximum absolute atomic E-state index is 13.5. The van der Waals surface area contributed by atoms with E-state index in [1.165, 1.54) is 43.4 Å². The second-order valence-electron chi connectivity index (χ2n) is 13.9. The summed E-state index contributed by atoms with van der Waals surface area (Å²) >= 11 is 16.2. The van der Waals surface area contributed by atoms with Gasteiger partial charge in [-0.1, -0.05) is 53.8 Å². The normalized spacial score (nSPS) is 20.3. The summed E-state index contributed by atoms with van der Waals surface area (Å²) in [5, 5.41) is 17.0. The number of hydrogen-bond acceptors (Lipinski definition) is 9. The summed E-state index contributed by atoms with van der Waals surface area (Å²) < 4.78 is 0. The van der Waals surface area contributed by atoms with E-state index in [0.29, 0.717) is 78.6 Å². The molecular formula is C36H44Cl2N6O4S2. The molecule has 0 spiro atoms. The summed E-state index contributed by atoms with van der Waals surface area (Å²) in [5.41, 5.74) is 2.15. The van der Waals surface area contributed by atoms with Gasteiger partial charge in [0.2, 0.25) is 5.91 Å². The highest BCUT2D eigenvalue weighted by atomic mass is 35.5. The fourth-order valence-corrected chi connectivity index (χ4v) is 10.4. The lowest BCUT2D eigenvalue weighted by atomic mass is 9.92. The van der Waals surface area contributed by atoms with Crippen LogP contribution in [0, 0.1) is 11.8 Å². The van der Waals surface area contributed by atoms with Gasteiger partial charge < -0.3 is 19.8 Å². The van der Waals surface area contributed by atoms with Crippen molar-refractivity contribution in [1.29, 1.82) is 0 Å². The van der Waals surface area contributed by atoms with Crippen molar-refractivity contribution < 1.29 is 19.5 Å². The Morgan fingerprint density at radius 2 is 1.52 bits per heavy atom. The van der Waals surface area contributed by atoms with E-state index in [1.807, 2.05) is 22.4 Å². The predicted molar refractivity (Wildman–Crippen MR) is 202 cm³/mol. The van der Waals surface area contributed by atoms with Gasteiger partial charge in [0.05, 0.1) is 26.5 Å². The first-order valence-corrected chi connectivity index (χ1v) is 20.3. The molecule has 268 valence electrons. The number of anilines is 3. The molecule has 50 heavy (non-hydrogen) atoms. The molecule has 0 bridgehead atoms. The number of thiazole rings is 1. The minimum atomic E-state index is -0.772. The second-order valence-corrected chi connectivity index (χ2v) is 16.7. The number of carboxylic acids is 1. The van der Waals surface area contributed by atoms with Crippen LogP contribution in [0.1, 0.15) is 68.1 Å². The van der Waals surface area contributed by atoms with Gasteiger partial charge in [-0.2, -0.15) is 0 Å². The van der Waals surface area contributed by atoms with Gasteiger partial charge in [0.25, 0.3) is 5.91 Å². The van der Waals surface area contributed by atoms with E-state index in [4.69, 9.17) is 28.2 Å². The molecule has 0 unspecified atom stereocenters. The van der Waals surface area contributed by atoms with Crippen LogP contribution in [0.15, 0.2) is 29.6 Å². The number of halogens is 2. The molecule has 5 heterocycles. The minimum Gasteiger partial charge on any atom is -0.481 e. The fraction of sp³-hybridized carbons (Fsp3) is 0.556. The average Bonchev–Trinajstić information content (AvgIpc) is 3.77. The Morgan fingerprint density at radius 3 is 2.16 bits per heavy atom. The van der Waals surface area contributed by atoms with Gasteiger partial charge in [-0.15, -0.1) is 11.3 Å². The molecule has 4 aliphatic rings. The van der Waals surface area contributed by atoms with Gasteiger partial charge in [-0.3, -0.25) is 24.6 Å². The fourth-order valence-electron chi connectivity index (χ4n) is 7.96. The van der Waals surface area contributed by atoms with E-state index < -0.39 is 5.97 Å². The van der Waals surface area contributed by atoms with E-state index in [0.717, 1.165) is 47.4 Å². The molecule has 3 aliphatic heterocycles. The summed E-state index contributed by atoms with van der Waals surface area (Å²) in [6.45, 7) is 6.28. The van der Waals surface area contributed by atoms with Crippen LogP contribution in [0.4, 0.5) is 15.8 Å². The second kappa shape index (κ2) is 15.8. The van der Waals surface area contributed by atoms with Crippen LogP contribution < -0.4 is 15.1 Å². The monoisotopic (exact) mass is 758 g/mol. The molecule has 3 aromatic rings. The number of thiophene rings is 1. The van der Waals surface area contributed by atoms with Crippen molar-refractivity contribution in [2.75, 3.05) is 67.5 Å². The Hall–Kier alpha value is -2.90. The van der Waals surface area contributed by atoms with Crippen molar-refractivity contribution in [3.05, 3.63) is 45.3 Å². The van der Waals surface area contributed by atoms with Crippen molar-refractivity contribution in [1.82, 2.24) is 14.8 Å². The molecule has 1 saturated carbocycles. The molecule has 0 atom stereocenters. The van der Waals surface area contributed by atoms with Gasteiger partial charge in [-0.05, 0) is 62.8 Å². The number of carbonyl (C=O) groups excluding carboxylic acids is 2. The van der Waals surface area contributed by atoms with E-state index in [1.54, 1.807) is 23.5 Å². The Balaban J connectivity index is 0.975. The van der Waals surface area contributed by atoms with Crippen molar-refractivity contribution in [3.8, 4) is 10.6 Å². The summed E-state index contributed by atoms with van der Waals surface area (Å²) in [5.74, 6) is -1.34. The first kappa shape index (κ1) is 35.5. The van der Waals surface area contributed by atoms with Crippen LogP contribution in [0.5, 0.6) is 0 Å². The van der Waals surface area contributed by atoms with Gasteiger partial charge in [0, 0.05) is 75.3 Å². The van der Waals surface area contributed by atoms with Crippen LogP contribution in [0.25, 0.3) is 10.6 Å². The first-order valence-electron chi connectivity index (χ1n) is 17.8. The number of aromatic nitrogens is 1. The lowest BCUT2D eigenvalue weighted by Gasteiger charge is -2.41. The van der Waals surface area contributed by atoms with Crippen LogP contribution in [0.3, 0.4) is 0 Å². The third-order valence-corrected chi connectivity index (χ3v) is 13.5.